The zero-order valence-corrected chi connectivity index (χ0v) is 10.9. The molecule has 0 aromatic heterocycles. The summed E-state index contributed by atoms with van der Waals surface area (Å²) in [5, 5.41) is 19.6. The Hall–Kier alpha value is -1.71. The lowest BCUT2D eigenvalue weighted by molar-refractivity contribution is 0.0684. The Labute approximate surface area is 112 Å². The summed E-state index contributed by atoms with van der Waals surface area (Å²) in [6.07, 6.45) is 5.71. The number of phenolic OH excluding ortho intramolecular Hbond substituents is 2. The largest absolute Gasteiger partial charge is 0.507 e. The molecule has 19 heavy (non-hydrogen) atoms. The number of aromatic hydroxyl groups is 2. The van der Waals surface area contributed by atoms with Gasteiger partial charge in [0.25, 0.3) is 5.91 Å². The first-order chi connectivity index (χ1) is 9.18. The molecule has 2 atom stereocenters. The molecule has 2 N–H and O–H groups in total. The molecule has 1 aliphatic heterocycles. The van der Waals surface area contributed by atoms with Crippen molar-refractivity contribution in [3.05, 3.63) is 23.8 Å². The zero-order valence-electron chi connectivity index (χ0n) is 10.9. The minimum Gasteiger partial charge on any atom is -0.507 e. The van der Waals surface area contributed by atoms with Crippen LogP contribution in [0.15, 0.2) is 18.2 Å². The highest BCUT2D eigenvalue weighted by molar-refractivity contribution is 5.99. The predicted octanol–water partition coefficient (Wildman–Crippen LogP) is 2.50. The summed E-state index contributed by atoms with van der Waals surface area (Å²) in [6, 6.07) is 4.72. The normalized spacial score (nSPS) is 26.2. The maximum Gasteiger partial charge on any atom is 0.261 e. The molecule has 4 heteroatoms. The highest BCUT2D eigenvalue weighted by Crippen LogP contribution is 2.38. The molecule has 1 heterocycles. The van der Waals surface area contributed by atoms with Gasteiger partial charge in [0.15, 0.2) is 0 Å². The van der Waals surface area contributed by atoms with E-state index in [2.05, 4.69) is 0 Å². The number of nitrogens with zero attached hydrogens (tertiary/aromatic N) is 1. The van der Waals surface area contributed by atoms with Crippen LogP contribution in [0.2, 0.25) is 0 Å². The van der Waals surface area contributed by atoms with Crippen LogP contribution in [-0.4, -0.2) is 33.6 Å². The molecule has 2 unspecified atom stereocenters. The van der Waals surface area contributed by atoms with Crippen LogP contribution >= 0.6 is 0 Å². The van der Waals surface area contributed by atoms with Crippen molar-refractivity contribution in [2.75, 3.05) is 6.54 Å². The molecular formula is C15H19NO3. The van der Waals surface area contributed by atoms with E-state index < -0.39 is 0 Å². The molecule has 1 aliphatic carbocycles. The van der Waals surface area contributed by atoms with Gasteiger partial charge in [-0.3, -0.25) is 4.79 Å². The van der Waals surface area contributed by atoms with Gasteiger partial charge in [-0.2, -0.15) is 0 Å². The number of hydrogen-bond acceptors (Lipinski definition) is 3. The third-order valence-corrected chi connectivity index (χ3v) is 4.51. The fraction of sp³-hybridized carbons (Fsp3) is 0.533. The Morgan fingerprint density at radius 3 is 2.53 bits per heavy atom. The summed E-state index contributed by atoms with van der Waals surface area (Å²) in [5.74, 6) is 0.101. The minimum atomic E-state index is -0.231. The molecule has 0 bridgehead atoms. The van der Waals surface area contributed by atoms with Crippen LogP contribution in [-0.2, 0) is 0 Å². The topological polar surface area (TPSA) is 60.8 Å². The van der Waals surface area contributed by atoms with Gasteiger partial charge >= 0.3 is 0 Å². The standard InChI is InChI=1S/C15H19NO3/c17-12-6-3-7-13(18)14(12)15(19)16-9-8-10-4-1-2-5-11(10)16/h3,6-7,10-11,17-18H,1-2,4-5,8-9H2. The monoisotopic (exact) mass is 261 g/mol. The van der Waals surface area contributed by atoms with Crippen molar-refractivity contribution in [2.24, 2.45) is 5.92 Å². The van der Waals surface area contributed by atoms with E-state index in [4.69, 9.17) is 0 Å². The van der Waals surface area contributed by atoms with E-state index in [1.54, 1.807) is 0 Å². The van der Waals surface area contributed by atoms with Crippen LogP contribution in [0.5, 0.6) is 11.5 Å². The molecule has 0 spiro atoms. The summed E-state index contributed by atoms with van der Waals surface area (Å²) in [4.78, 5) is 14.4. The van der Waals surface area contributed by atoms with Crippen LogP contribution in [0, 0.1) is 5.92 Å². The van der Waals surface area contributed by atoms with E-state index in [1.165, 1.54) is 31.0 Å². The molecule has 1 saturated carbocycles. The number of carbonyl (C=O) groups is 1. The van der Waals surface area contributed by atoms with Crippen LogP contribution in [0.25, 0.3) is 0 Å². The number of likely N-dealkylation sites (tertiary alicyclic amines) is 1. The lowest BCUT2D eigenvalue weighted by Crippen LogP contribution is -2.39. The first-order valence-electron chi connectivity index (χ1n) is 7.00. The number of phenols is 2. The van der Waals surface area contributed by atoms with Gasteiger partial charge in [-0.05, 0) is 37.3 Å². The van der Waals surface area contributed by atoms with Crippen LogP contribution in [0.1, 0.15) is 42.5 Å². The molecule has 1 saturated heterocycles. The second kappa shape index (κ2) is 4.76. The lowest BCUT2D eigenvalue weighted by Gasteiger charge is -2.31. The molecule has 0 radical (unpaired) electrons. The fourth-order valence-electron chi connectivity index (χ4n) is 3.55. The molecule has 4 nitrogen and oxygen atoms in total. The molecule has 2 aliphatic rings. The highest BCUT2D eigenvalue weighted by atomic mass is 16.3. The minimum absolute atomic E-state index is 0.0497. The lowest BCUT2D eigenvalue weighted by atomic mass is 9.85. The summed E-state index contributed by atoms with van der Waals surface area (Å²) in [5.41, 5.74) is 0.0497. The Morgan fingerprint density at radius 2 is 1.79 bits per heavy atom. The van der Waals surface area contributed by atoms with E-state index in [0.29, 0.717) is 12.0 Å². The van der Waals surface area contributed by atoms with Crippen molar-refractivity contribution in [2.45, 2.75) is 38.1 Å². The first-order valence-corrected chi connectivity index (χ1v) is 7.00. The smallest absolute Gasteiger partial charge is 0.261 e. The van der Waals surface area contributed by atoms with E-state index in [9.17, 15) is 15.0 Å². The Balaban J connectivity index is 1.88. The third kappa shape index (κ3) is 2.05. The van der Waals surface area contributed by atoms with Gasteiger partial charge in [0.2, 0.25) is 0 Å². The van der Waals surface area contributed by atoms with E-state index in [-0.39, 0.29) is 23.0 Å². The van der Waals surface area contributed by atoms with Gasteiger partial charge in [0, 0.05) is 12.6 Å². The second-order valence-corrected chi connectivity index (χ2v) is 5.57. The van der Waals surface area contributed by atoms with Gasteiger partial charge < -0.3 is 15.1 Å². The van der Waals surface area contributed by atoms with E-state index >= 15 is 0 Å². The number of fused-ring (bicyclic) bond motifs is 1. The predicted molar refractivity (Wildman–Crippen MR) is 71.2 cm³/mol. The van der Waals surface area contributed by atoms with Crippen LogP contribution < -0.4 is 0 Å². The Bertz CT molecular complexity index is 480. The van der Waals surface area contributed by atoms with Crippen molar-refractivity contribution < 1.29 is 15.0 Å². The molecule has 1 aromatic carbocycles. The maximum absolute atomic E-state index is 12.5. The molecule has 1 aromatic rings. The molecular weight excluding hydrogens is 242 g/mol. The summed E-state index contributed by atoms with van der Waals surface area (Å²) >= 11 is 0. The third-order valence-electron chi connectivity index (χ3n) is 4.51. The number of hydrogen-bond donors (Lipinski definition) is 2. The van der Waals surface area contributed by atoms with Gasteiger partial charge in [-0.1, -0.05) is 18.9 Å². The maximum atomic E-state index is 12.5. The van der Waals surface area contributed by atoms with Gasteiger partial charge in [0.05, 0.1) is 0 Å². The average Bonchev–Trinajstić information content (AvgIpc) is 2.82. The zero-order chi connectivity index (χ0) is 13.4. The number of benzene rings is 1. The number of rotatable bonds is 1. The van der Waals surface area contributed by atoms with Gasteiger partial charge in [-0.15, -0.1) is 0 Å². The molecule has 3 rings (SSSR count). The van der Waals surface area contributed by atoms with Crippen molar-refractivity contribution >= 4 is 5.91 Å². The highest BCUT2D eigenvalue weighted by Gasteiger charge is 2.39. The average molecular weight is 261 g/mol. The Kier molecular flexibility index (Phi) is 3.09. The fourth-order valence-corrected chi connectivity index (χ4v) is 3.55. The SMILES string of the molecule is O=C(c1c(O)cccc1O)N1CCC2CCCCC21. The van der Waals surface area contributed by atoms with Crippen molar-refractivity contribution in [3.8, 4) is 11.5 Å². The first kappa shape index (κ1) is 12.3. The van der Waals surface area contributed by atoms with E-state index in [0.717, 1.165) is 25.8 Å². The summed E-state index contributed by atoms with van der Waals surface area (Å²) < 4.78 is 0. The number of amides is 1. The van der Waals surface area contributed by atoms with Crippen molar-refractivity contribution in [3.63, 3.8) is 0 Å². The quantitative estimate of drug-likeness (QED) is 0.816. The van der Waals surface area contributed by atoms with E-state index in [1.807, 2.05) is 4.90 Å². The van der Waals surface area contributed by atoms with Crippen LogP contribution in [0.4, 0.5) is 0 Å². The molecule has 102 valence electrons. The van der Waals surface area contributed by atoms with Crippen LogP contribution in [0.3, 0.4) is 0 Å². The number of carbonyl (C=O) groups excluding carboxylic acids is 1. The summed E-state index contributed by atoms with van der Waals surface area (Å²) in [6.45, 7) is 0.738. The van der Waals surface area contributed by atoms with Crippen molar-refractivity contribution in [1.29, 1.82) is 0 Å². The summed E-state index contributed by atoms with van der Waals surface area (Å²) in [7, 11) is 0. The Morgan fingerprint density at radius 1 is 1.11 bits per heavy atom. The van der Waals surface area contributed by atoms with Gasteiger partial charge in [-0.25, -0.2) is 0 Å². The molecule has 1 amide bonds. The van der Waals surface area contributed by atoms with Gasteiger partial charge in [0.1, 0.15) is 17.1 Å². The van der Waals surface area contributed by atoms with Crippen molar-refractivity contribution in [1.82, 2.24) is 4.90 Å². The molecule has 2 fully saturated rings. The second-order valence-electron chi connectivity index (χ2n) is 5.57.